The van der Waals surface area contributed by atoms with Crippen LogP contribution in [0.3, 0.4) is 0 Å². The molecule has 0 spiro atoms. The van der Waals surface area contributed by atoms with Crippen LogP contribution >= 0.6 is 23.2 Å². The lowest BCUT2D eigenvalue weighted by Crippen LogP contribution is -2.33. The molecule has 0 aliphatic rings. The topological polar surface area (TPSA) is 79.8 Å². The molecule has 0 fully saturated rings. The van der Waals surface area contributed by atoms with Crippen LogP contribution in [0.4, 0.5) is 4.79 Å². The molecule has 2 rings (SSSR count). The monoisotopic (exact) mass is 407 g/mol. The van der Waals surface area contributed by atoms with Crippen molar-refractivity contribution in [2.45, 2.75) is 19.4 Å². The Kier molecular flexibility index (Phi) is 8.10. The van der Waals surface area contributed by atoms with Gasteiger partial charge in [-0.25, -0.2) is 10.2 Å². The molecule has 142 valence electrons. The summed E-state index contributed by atoms with van der Waals surface area (Å²) in [7, 11) is 0. The molecule has 0 heterocycles. The number of hydrogen-bond donors (Lipinski definition) is 2. The maximum absolute atomic E-state index is 12.2. The van der Waals surface area contributed by atoms with E-state index in [1.807, 2.05) is 30.3 Å². The van der Waals surface area contributed by atoms with E-state index < -0.39 is 12.1 Å². The van der Waals surface area contributed by atoms with E-state index in [4.69, 9.17) is 27.9 Å². The van der Waals surface area contributed by atoms with Crippen LogP contribution in [0, 0.1) is 0 Å². The number of ether oxygens (including phenoxy) is 1. The van der Waals surface area contributed by atoms with Crippen molar-refractivity contribution >= 4 is 41.4 Å². The number of hydrogen-bond acceptors (Lipinski definition) is 4. The number of carbonyl (C=O) groups excluding carboxylic acids is 2. The Morgan fingerprint density at radius 2 is 1.93 bits per heavy atom. The first-order valence-corrected chi connectivity index (χ1v) is 9.00. The second kappa shape index (κ2) is 10.5. The quantitative estimate of drug-likeness (QED) is 0.529. The van der Waals surface area contributed by atoms with Gasteiger partial charge in [0.15, 0.2) is 0 Å². The van der Waals surface area contributed by atoms with E-state index in [-0.39, 0.29) is 18.9 Å². The van der Waals surface area contributed by atoms with Crippen LogP contribution in [0.25, 0.3) is 0 Å². The van der Waals surface area contributed by atoms with Gasteiger partial charge in [-0.1, -0.05) is 59.6 Å². The minimum absolute atomic E-state index is 0.00544. The van der Waals surface area contributed by atoms with Crippen LogP contribution in [0.15, 0.2) is 53.6 Å². The fourth-order valence-corrected chi connectivity index (χ4v) is 2.72. The molecule has 8 heteroatoms. The molecule has 0 bridgehead atoms. The van der Waals surface area contributed by atoms with Crippen molar-refractivity contribution in [3.8, 4) is 0 Å². The maximum Gasteiger partial charge on any atom is 0.407 e. The highest BCUT2D eigenvalue weighted by atomic mass is 35.5. The van der Waals surface area contributed by atoms with Crippen molar-refractivity contribution in [1.29, 1.82) is 0 Å². The average molecular weight is 408 g/mol. The van der Waals surface area contributed by atoms with Gasteiger partial charge in [-0.3, -0.25) is 4.79 Å². The second-order valence-electron chi connectivity index (χ2n) is 5.49. The molecule has 0 aliphatic heterocycles. The standard InChI is InChI=1S/C19H19Cl2N3O3/c1-2-27-19(26)23-17(13-6-4-3-5-7-13)11-18(25)24-22-12-14-8-9-15(20)10-16(14)21/h3-10,12,17H,2,11H2,1H3,(H,23,26)(H,24,25)/b22-12-/t17-/m0/s1. The fourth-order valence-electron chi connectivity index (χ4n) is 2.26. The van der Waals surface area contributed by atoms with E-state index >= 15 is 0 Å². The molecule has 0 saturated heterocycles. The van der Waals surface area contributed by atoms with Gasteiger partial charge in [0, 0.05) is 10.6 Å². The van der Waals surface area contributed by atoms with Crippen LogP contribution in [0.1, 0.15) is 30.5 Å². The summed E-state index contributed by atoms with van der Waals surface area (Å²) >= 11 is 11.9. The molecule has 27 heavy (non-hydrogen) atoms. The number of carbonyl (C=O) groups is 2. The van der Waals surface area contributed by atoms with Crippen molar-refractivity contribution in [2.75, 3.05) is 6.61 Å². The van der Waals surface area contributed by atoms with Crippen molar-refractivity contribution in [3.63, 3.8) is 0 Å². The Morgan fingerprint density at radius 1 is 1.19 bits per heavy atom. The predicted octanol–water partition coefficient (Wildman–Crippen LogP) is 4.32. The SMILES string of the molecule is CCOC(=O)N[C@@H](CC(=O)N/N=C\c1ccc(Cl)cc1Cl)c1ccccc1. The Morgan fingerprint density at radius 3 is 2.59 bits per heavy atom. The van der Waals surface area contributed by atoms with Gasteiger partial charge in [-0.05, 0) is 24.6 Å². The van der Waals surface area contributed by atoms with E-state index in [9.17, 15) is 9.59 Å². The summed E-state index contributed by atoms with van der Waals surface area (Å²) in [5.74, 6) is -0.373. The number of rotatable bonds is 7. The third kappa shape index (κ3) is 6.92. The molecule has 0 aromatic heterocycles. The van der Waals surface area contributed by atoms with Gasteiger partial charge >= 0.3 is 6.09 Å². The van der Waals surface area contributed by atoms with Gasteiger partial charge in [0.2, 0.25) is 5.91 Å². The minimum Gasteiger partial charge on any atom is -0.450 e. The van der Waals surface area contributed by atoms with Gasteiger partial charge in [0.1, 0.15) is 0 Å². The summed E-state index contributed by atoms with van der Waals surface area (Å²) in [6.07, 6.45) is 0.831. The molecule has 2 aromatic carbocycles. The molecule has 2 aromatic rings. The van der Waals surface area contributed by atoms with E-state index in [1.165, 1.54) is 6.21 Å². The Labute approximate surface area is 167 Å². The second-order valence-corrected chi connectivity index (χ2v) is 6.33. The smallest absolute Gasteiger partial charge is 0.407 e. The zero-order valence-electron chi connectivity index (χ0n) is 14.6. The first-order valence-electron chi connectivity index (χ1n) is 8.24. The predicted molar refractivity (Wildman–Crippen MR) is 106 cm³/mol. The zero-order valence-corrected chi connectivity index (χ0v) is 16.1. The number of nitrogens with zero attached hydrogens (tertiary/aromatic N) is 1. The first kappa shape index (κ1) is 20.7. The van der Waals surface area contributed by atoms with Gasteiger partial charge in [-0.2, -0.15) is 5.10 Å². The molecule has 0 saturated carbocycles. The Hall–Kier alpha value is -2.57. The number of amides is 2. The number of alkyl carbamates (subject to hydrolysis) is 1. The number of halogens is 2. The molecule has 2 amide bonds. The summed E-state index contributed by atoms with van der Waals surface area (Å²) in [4.78, 5) is 24.0. The number of hydrazone groups is 1. The minimum atomic E-state index is -0.587. The van der Waals surface area contributed by atoms with Crippen molar-refractivity contribution in [1.82, 2.24) is 10.7 Å². The Balaban J connectivity index is 2.00. The third-order valence-corrected chi connectivity index (χ3v) is 4.08. The highest BCUT2D eigenvalue weighted by Gasteiger charge is 2.18. The summed E-state index contributed by atoms with van der Waals surface area (Å²) < 4.78 is 4.90. The lowest BCUT2D eigenvalue weighted by Gasteiger charge is -2.18. The van der Waals surface area contributed by atoms with Crippen LogP contribution in [-0.4, -0.2) is 24.8 Å². The summed E-state index contributed by atoms with van der Waals surface area (Å²) in [5.41, 5.74) is 3.82. The maximum atomic E-state index is 12.2. The average Bonchev–Trinajstić information content (AvgIpc) is 2.64. The molecule has 6 nitrogen and oxygen atoms in total. The summed E-state index contributed by atoms with van der Waals surface area (Å²) in [6.45, 7) is 1.95. The molecule has 1 atom stereocenters. The van der Waals surface area contributed by atoms with Crippen molar-refractivity contribution in [3.05, 3.63) is 69.7 Å². The molecular formula is C19H19Cl2N3O3. The summed E-state index contributed by atoms with van der Waals surface area (Å²) in [6, 6.07) is 13.6. The van der Waals surface area contributed by atoms with Crippen LogP contribution in [0.5, 0.6) is 0 Å². The highest BCUT2D eigenvalue weighted by Crippen LogP contribution is 2.19. The molecule has 2 N–H and O–H groups in total. The number of benzene rings is 2. The zero-order chi connectivity index (χ0) is 19.6. The van der Waals surface area contributed by atoms with Crippen molar-refractivity contribution < 1.29 is 14.3 Å². The third-order valence-electron chi connectivity index (χ3n) is 3.51. The molecule has 0 radical (unpaired) electrons. The molecule has 0 unspecified atom stereocenters. The largest absolute Gasteiger partial charge is 0.450 e. The van der Waals surface area contributed by atoms with Crippen LogP contribution < -0.4 is 10.7 Å². The van der Waals surface area contributed by atoms with Gasteiger partial charge in [0.05, 0.1) is 30.3 Å². The van der Waals surface area contributed by atoms with Gasteiger partial charge in [-0.15, -0.1) is 0 Å². The van der Waals surface area contributed by atoms with E-state index in [0.29, 0.717) is 15.6 Å². The summed E-state index contributed by atoms with van der Waals surface area (Å²) in [5, 5.41) is 7.51. The molecule has 0 aliphatic carbocycles. The Bertz CT molecular complexity index is 813. The van der Waals surface area contributed by atoms with Crippen LogP contribution in [-0.2, 0) is 9.53 Å². The first-order chi connectivity index (χ1) is 13.0. The van der Waals surface area contributed by atoms with Crippen LogP contribution in [0.2, 0.25) is 10.0 Å². The lowest BCUT2D eigenvalue weighted by atomic mass is 10.0. The van der Waals surface area contributed by atoms with E-state index in [0.717, 1.165) is 5.56 Å². The van der Waals surface area contributed by atoms with Gasteiger partial charge in [0.25, 0.3) is 0 Å². The van der Waals surface area contributed by atoms with Gasteiger partial charge < -0.3 is 10.1 Å². The fraction of sp³-hybridized carbons (Fsp3) is 0.211. The van der Waals surface area contributed by atoms with E-state index in [1.54, 1.807) is 25.1 Å². The molecular weight excluding hydrogens is 389 g/mol. The normalized spacial score (nSPS) is 11.8. The lowest BCUT2D eigenvalue weighted by molar-refractivity contribution is -0.121. The van der Waals surface area contributed by atoms with E-state index in [2.05, 4.69) is 15.8 Å². The van der Waals surface area contributed by atoms with Crippen molar-refractivity contribution in [2.24, 2.45) is 5.10 Å². The highest BCUT2D eigenvalue weighted by molar-refractivity contribution is 6.36. The number of nitrogens with one attached hydrogen (secondary N) is 2.